The molecular formula is C7H8ClNO. The molecule has 1 heterocycles. The number of aliphatic hydroxyl groups is 1. The number of hydrogen-bond acceptors (Lipinski definition) is 1. The van der Waals surface area contributed by atoms with E-state index in [4.69, 9.17) is 16.7 Å². The molecule has 10 heavy (non-hydrogen) atoms. The van der Waals surface area contributed by atoms with E-state index in [1.54, 1.807) is 24.4 Å². The number of halogens is 1. The van der Waals surface area contributed by atoms with E-state index in [1.165, 1.54) is 0 Å². The lowest BCUT2D eigenvalue weighted by Crippen LogP contribution is -1.73. The molecule has 0 unspecified atom stereocenters. The molecule has 0 aliphatic carbocycles. The fraction of sp³-hybridized carbons (Fsp3) is 0.143. The van der Waals surface area contributed by atoms with E-state index in [1.807, 2.05) is 0 Å². The Bertz CT molecular complexity index is 229. The topological polar surface area (TPSA) is 36.0 Å². The summed E-state index contributed by atoms with van der Waals surface area (Å²) in [6, 6.07) is 1.76. The van der Waals surface area contributed by atoms with Gasteiger partial charge < -0.3 is 10.1 Å². The minimum Gasteiger partial charge on any atom is -0.392 e. The van der Waals surface area contributed by atoms with Crippen LogP contribution in [0.3, 0.4) is 0 Å². The number of H-pyrrole nitrogens is 1. The summed E-state index contributed by atoms with van der Waals surface area (Å²) in [7, 11) is 0. The molecule has 0 radical (unpaired) electrons. The highest BCUT2D eigenvalue weighted by Crippen LogP contribution is 2.14. The highest BCUT2D eigenvalue weighted by atomic mass is 35.5. The van der Waals surface area contributed by atoms with Crippen molar-refractivity contribution in [1.82, 2.24) is 4.98 Å². The average molecular weight is 158 g/mol. The minimum absolute atomic E-state index is 0.0371. The Kier molecular flexibility index (Phi) is 2.54. The Labute approximate surface area is 64.1 Å². The second-order valence-electron chi connectivity index (χ2n) is 1.82. The van der Waals surface area contributed by atoms with Crippen LogP contribution in [0.15, 0.2) is 18.3 Å². The molecule has 2 nitrogen and oxygen atoms in total. The molecule has 0 bridgehead atoms. The van der Waals surface area contributed by atoms with Crippen molar-refractivity contribution in [3.63, 3.8) is 0 Å². The van der Waals surface area contributed by atoms with Crippen molar-refractivity contribution in [2.45, 2.75) is 0 Å². The van der Waals surface area contributed by atoms with Gasteiger partial charge in [-0.15, -0.1) is 0 Å². The lowest BCUT2D eigenvalue weighted by Gasteiger charge is -1.85. The first kappa shape index (κ1) is 7.38. The van der Waals surface area contributed by atoms with Crippen LogP contribution in [0.1, 0.15) is 5.69 Å². The van der Waals surface area contributed by atoms with Crippen LogP contribution in [0.4, 0.5) is 0 Å². The Morgan fingerprint density at radius 1 is 1.70 bits per heavy atom. The van der Waals surface area contributed by atoms with E-state index in [0.717, 1.165) is 5.69 Å². The third kappa shape index (κ3) is 1.62. The fourth-order valence-corrected chi connectivity index (χ4v) is 0.842. The van der Waals surface area contributed by atoms with Gasteiger partial charge in [0.2, 0.25) is 0 Å². The molecule has 0 saturated carbocycles. The van der Waals surface area contributed by atoms with E-state index in [9.17, 15) is 0 Å². The van der Waals surface area contributed by atoms with Crippen LogP contribution in [-0.4, -0.2) is 16.7 Å². The van der Waals surface area contributed by atoms with Gasteiger partial charge in [0.25, 0.3) is 0 Å². The summed E-state index contributed by atoms with van der Waals surface area (Å²) in [6.07, 6.45) is 5.11. The van der Waals surface area contributed by atoms with Gasteiger partial charge >= 0.3 is 0 Å². The van der Waals surface area contributed by atoms with Gasteiger partial charge in [-0.3, -0.25) is 0 Å². The third-order valence-corrected chi connectivity index (χ3v) is 1.45. The van der Waals surface area contributed by atoms with Crippen LogP contribution in [0.25, 0.3) is 6.08 Å². The quantitative estimate of drug-likeness (QED) is 0.673. The van der Waals surface area contributed by atoms with Gasteiger partial charge in [-0.2, -0.15) is 0 Å². The van der Waals surface area contributed by atoms with Crippen molar-refractivity contribution in [1.29, 1.82) is 0 Å². The summed E-state index contributed by atoms with van der Waals surface area (Å²) in [5.41, 5.74) is 0.829. The number of aliphatic hydroxyl groups excluding tert-OH is 1. The maximum Gasteiger partial charge on any atom is 0.0655 e. The van der Waals surface area contributed by atoms with Gasteiger partial charge in [0, 0.05) is 6.20 Å². The van der Waals surface area contributed by atoms with Crippen molar-refractivity contribution in [2.24, 2.45) is 0 Å². The van der Waals surface area contributed by atoms with Gasteiger partial charge in [-0.05, 0) is 12.1 Å². The second-order valence-corrected chi connectivity index (χ2v) is 2.23. The molecule has 0 saturated heterocycles. The summed E-state index contributed by atoms with van der Waals surface area (Å²) in [6.45, 7) is 0.0371. The van der Waals surface area contributed by atoms with E-state index in [-0.39, 0.29) is 6.61 Å². The van der Waals surface area contributed by atoms with E-state index in [0.29, 0.717) is 5.02 Å². The minimum atomic E-state index is 0.0371. The van der Waals surface area contributed by atoms with Crippen LogP contribution < -0.4 is 0 Å². The highest BCUT2D eigenvalue weighted by Gasteiger charge is 1.93. The van der Waals surface area contributed by atoms with Crippen LogP contribution >= 0.6 is 11.6 Å². The maximum absolute atomic E-state index is 8.41. The Hall–Kier alpha value is -0.730. The highest BCUT2D eigenvalue weighted by molar-refractivity contribution is 6.31. The fourth-order valence-electron chi connectivity index (χ4n) is 0.662. The summed E-state index contributed by atoms with van der Waals surface area (Å²) in [4.78, 5) is 2.91. The van der Waals surface area contributed by atoms with Crippen molar-refractivity contribution >= 4 is 17.7 Å². The summed E-state index contributed by atoms with van der Waals surface area (Å²) in [5.74, 6) is 0. The normalized spacial score (nSPS) is 11.0. The molecule has 54 valence electrons. The molecule has 1 rings (SSSR count). The van der Waals surface area contributed by atoms with Gasteiger partial charge in [-0.25, -0.2) is 0 Å². The van der Waals surface area contributed by atoms with Crippen LogP contribution in [0.2, 0.25) is 5.02 Å². The first-order valence-electron chi connectivity index (χ1n) is 2.95. The molecule has 1 aromatic rings. The van der Waals surface area contributed by atoms with E-state index >= 15 is 0 Å². The molecule has 0 fully saturated rings. The number of nitrogens with one attached hydrogen (secondary N) is 1. The van der Waals surface area contributed by atoms with Gasteiger partial charge in [-0.1, -0.05) is 17.7 Å². The Morgan fingerprint density at radius 2 is 2.50 bits per heavy atom. The lowest BCUT2D eigenvalue weighted by atomic mass is 10.4. The van der Waals surface area contributed by atoms with Crippen LogP contribution in [0, 0.1) is 0 Å². The predicted molar refractivity (Wildman–Crippen MR) is 41.9 cm³/mol. The van der Waals surface area contributed by atoms with E-state index in [2.05, 4.69) is 4.98 Å². The predicted octanol–water partition coefficient (Wildman–Crippen LogP) is 1.67. The Balaban J connectivity index is 2.74. The SMILES string of the molecule is OC/C=C/c1[nH]ccc1Cl. The maximum atomic E-state index is 8.41. The molecule has 0 aliphatic heterocycles. The molecule has 1 aromatic heterocycles. The zero-order valence-electron chi connectivity index (χ0n) is 5.34. The molecule has 2 N–H and O–H groups in total. The zero-order valence-corrected chi connectivity index (χ0v) is 6.10. The van der Waals surface area contributed by atoms with Gasteiger partial charge in [0.15, 0.2) is 0 Å². The van der Waals surface area contributed by atoms with E-state index < -0.39 is 0 Å². The molecule has 0 amide bonds. The lowest BCUT2D eigenvalue weighted by molar-refractivity contribution is 0.343. The van der Waals surface area contributed by atoms with Crippen molar-refractivity contribution in [3.8, 4) is 0 Å². The molecule has 0 aromatic carbocycles. The van der Waals surface area contributed by atoms with Gasteiger partial charge in [0.1, 0.15) is 0 Å². The molecule has 0 atom stereocenters. The van der Waals surface area contributed by atoms with Crippen molar-refractivity contribution in [2.75, 3.05) is 6.61 Å². The number of aromatic nitrogens is 1. The van der Waals surface area contributed by atoms with Crippen LogP contribution in [0.5, 0.6) is 0 Å². The van der Waals surface area contributed by atoms with Gasteiger partial charge in [0.05, 0.1) is 17.3 Å². The van der Waals surface area contributed by atoms with Crippen LogP contribution in [-0.2, 0) is 0 Å². The third-order valence-electron chi connectivity index (χ3n) is 1.12. The van der Waals surface area contributed by atoms with Crippen molar-refractivity contribution in [3.05, 3.63) is 29.1 Å². The summed E-state index contributed by atoms with van der Waals surface area (Å²) < 4.78 is 0. The monoisotopic (exact) mass is 157 g/mol. The summed E-state index contributed by atoms with van der Waals surface area (Å²) >= 11 is 5.71. The average Bonchev–Trinajstić information content (AvgIpc) is 2.31. The smallest absolute Gasteiger partial charge is 0.0655 e. The first-order valence-corrected chi connectivity index (χ1v) is 3.32. The first-order chi connectivity index (χ1) is 4.84. The standard InChI is InChI=1S/C7H8ClNO/c8-6-3-4-9-7(6)2-1-5-10/h1-4,9-10H,5H2/b2-1+. The summed E-state index contributed by atoms with van der Waals surface area (Å²) in [5, 5.41) is 9.08. The number of aromatic amines is 1. The second kappa shape index (κ2) is 3.44. The number of rotatable bonds is 2. The molecular weight excluding hydrogens is 150 g/mol. The largest absolute Gasteiger partial charge is 0.392 e. The molecule has 0 aliphatic rings. The Morgan fingerprint density at radius 3 is 3.00 bits per heavy atom. The zero-order chi connectivity index (χ0) is 7.40. The molecule has 0 spiro atoms. The molecule has 3 heteroatoms. The van der Waals surface area contributed by atoms with Crippen molar-refractivity contribution < 1.29 is 5.11 Å². The number of hydrogen-bond donors (Lipinski definition) is 2.